The van der Waals surface area contributed by atoms with E-state index in [0.717, 1.165) is 56.3 Å². The van der Waals surface area contributed by atoms with Crippen LogP contribution in [0.4, 0.5) is 16.2 Å². The summed E-state index contributed by atoms with van der Waals surface area (Å²) in [7, 11) is 0. The third-order valence-electron chi connectivity index (χ3n) is 7.52. The summed E-state index contributed by atoms with van der Waals surface area (Å²) in [6, 6.07) is 14.0. The third kappa shape index (κ3) is 4.01. The van der Waals surface area contributed by atoms with E-state index in [4.69, 9.17) is 11.6 Å². The number of rotatable bonds is 2. The number of amides is 2. The summed E-state index contributed by atoms with van der Waals surface area (Å²) in [4.78, 5) is 33.1. The number of anilines is 2. The van der Waals surface area contributed by atoms with Gasteiger partial charge < -0.3 is 20.0 Å². The molecule has 7 nitrogen and oxygen atoms in total. The summed E-state index contributed by atoms with van der Waals surface area (Å²) in [5.74, 6) is -0.0232. The first kappa shape index (κ1) is 22.3. The number of hydrogen-bond donors (Lipinski definition) is 1. The fourth-order valence-electron chi connectivity index (χ4n) is 5.62. The van der Waals surface area contributed by atoms with Gasteiger partial charge in [-0.3, -0.25) is 9.36 Å². The Labute approximate surface area is 210 Å². The van der Waals surface area contributed by atoms with Crippen molar-refractivity contribution >= 4 is 45.8 Å². The number of piperidine rings is 2. The van der Waals surface area contributed by atoms with Gasteiger partial charge in [0.25, 0.3) is 5.91 Å². The highest BCUT2D eigenvalue weighted by molar-refractivity contribution is 6.31. The second-order valence-corrected chi connectivity index (χ2v) is 10.1. The summed E-state index contributed by atoms with van der Waals surface area (Å²) in [6.45, 7) is 4.89. The first-order valence-corrected chi connectivity index (χ1v) is 12.8. The van der Waals surface area contributed by atoms with Crippen LogP contribution in [0.2, 0.25) is 5.02 Å². The molecule has 3 aliphatic rings. The number of aromatic nitrogens is 1. The average molecular weight is 491 g/mol. The summed E-state index contributed by atoms with van der Waals surface area (Å²) >= 11 is 6.29. The molecule has 2 fully saturated rings. The van der Waals surface area contributed by atoms with Crippen molar-refractivity contribution in [3.8, 4) is 0 Å². The van der Waals surface area contributed by atoms with Gasteiger partial charge in [-0.25, -0.2) is 4.79 Å². The van der Waals surface area contributed by atoms with Crippen molar-refractivity contribution in [2.45, 2.75) is 38.1 Å². The summed E-state index contributed by atoms with van der Waals surface area (Å²) < 4.78 is 1.62. The molecule has 0 bridgehead atoms. The van der Waals surface area contributed by atoms with E-state index >= 15 is 0 Å². The van der Waals surface area contributed by atoms with Crippen LogP contribution in [0.5, 0.6) is 0 Å². The van der Waals surface area contributed by atoms with Gasteiger partial charge in [0.2, 0.25) is 0 Å². The topological polar surface area (TPSA) is 60.8 Å². The van der Waals surface area contributed by atoms with Gasteiger partial charge in [-0.2, -0.15) is 0 Å². The molecule has 3 aliphatic heterocycles. The number of halogens is 1. The average Bonchev–Trinajstić information content (AvgIpc) is 3.50. The monoisotopic (exact) mass is 490 g/mol. The third-order valence-corrected chi connectivity index (χ3v) is 7.75. The molecule has 181 valence electrons. The van der Waals surface area contributed by atoms with Crippen molar-refractivity contribution in [2.24, 2.45) is 0 Å². The Hall–Kier alpha value is -3.19. The standard InChI is InChI=1S/C27H29ClN5O2/c28-19-8-9-21-22(17-32(25(21)16-19)27(35)31-12-4-1-5-13-31)26(34)30-14-10-20(11-15-30)33-18-29-23-6-2-3-7-24(23)33/h2-3,6-9,16-18,20,29H,1,4-5,10-15H2. The molecular weight excluding hydrogens is 462 g/mol. The molecule has 1 radical (unpaired) electrons. The second kappa shape index (κ2) is 9.11. The lowest BCUT2D eigenvalue weighted by Crippen LogP contribution is -2.45. The van der Waals surface area contributed by atoms with Crippen LogP contribution >= 0.6 is 11.6 Å². The maximum atomic E-state index is 13.7. The molecule has 4 heterocycles. The summed E-state index contributed by atoms with van der Waals surface area (Å²) in [6.07, 6.45) is 6.67. The van der Waals surface area contributed by atoms with Crippen molar-refractivity contribution in [2.75, 3.05) is 36.4 Å². The molecule has 2 saturated heterocycles. The van der Waals surface area contributed by atoms with Crippen molar-refractivity contribution in [1.29, 1.82) is 0 Å². The van der Waals surface area contributed by atoms with Gasteiger partial charge in [0.15, 0.2) is 0 Å². The molecule has 0 aliphatic carbocycles. The number of fused-ring (bicyclic) bond motifs is 2. The van der Waals surface area contributed by atoms with Crippen molar-refractivity contribution < 1.29 is 9.59 Å². The fourth-order valence-corrected chi connectivity index (χ4v) is 5.78. The number of likely N-dealkylation sites (tertiary alicyclic amines) is 2. The van der Waals surface area contributed by atoms with Gasteiger partial charge in [0.05, 0.1) is 22.5 Å². The summed E-state index contributed by atoms with van der Waals surface area (Å²) in [5, 5.41) is 4.67. The molecule has 35 heavy (non-hydrogen) atoms. The normalized spacial score (nSPS) is 18.6. The molecule has 0 atom stereocenters. The van der Waals surface area contributed by atoms with E-state index < -0.39 is 0 Å². The second-order valence-electron chi connectivity index (χ2n) is 9.63. The van der Waals surface area contributed by atoms with Gasteiger partial charge in [-0.1, -0.05) is 29.8 Å². The van der Waals surface area contributed by atoms with E-state index in [-0.39, 0.29) is 11.9 Å². The van der Waals surface area contributed by atoms with E-state index in [1.165, 1.54) is 5.69 Å². The van der Waals surface area contributed by atoms with Gasteiger partial charge >= 0.3 is 6.03 Å². The Bertz CT molecular complexity index is 1270. The molecular formula is C27H29ClN5O2. The number of benzene rings is 2. The predicted molar refractivity (Wildman–Crippen MR) is 139 cm³/mol. The molecule has 6 rings (SSSR count). The zero-order valence-electron chi connectivity index (χ0n) is 19.6. The van der Waals surface area contributed by atoms with Crippen LogP contribution in [0.1, 0.15) is 42.5 Å². The Morgan fingerprint density at radius 2 is 1.69 bits per heavy atom. The van der Waals surface area contributed by atoms with Crippen LogP contribution in [-0.2, 0) is 0 Å². The van der Waals surface area contributed by atoms with E-state index in [1.807, 2.05) is 28.6 Å². The van der Waals surface area contributed by atoms with Crippen LogP contribution in [-0.4, -0.2) is 58.5 Å². The lowest BCUT2D eigenvalue weighted by Gasteiger charge is -2.37. The number of carbonyl (C=O) groups excluding carboxylic acids is 2. The minimum Gasteiger partial charge on any atom is -0.360 e. The maximum absolute atomic E-state index is 13.7. The SMILES string of the molecule is O=C(c1cn(C(=O)N2CCCCC2)c2cc(Cl)ccc12)N1CCC(N2[CH]Nc3ccccc32)CC1. The minimum absolute atomic E-state index is 0.0232. The highest BCUT2D eigenvalue weighted by Crippen LogP contribution is 2.37. The molecule has 0 unspecified atom stereocenters. The van der Waals surface area contributed by atoms with Crippen LogP contribution < -0.4 is 10.2 Å². The number of para-hydroxylation sites is 2. The molecule has 3 aromatic rings. The van der Waals surface area contributed by atoms with Gasteiger partial charge in [-0.15, -0.1) is 0 Å². The van der Waals surface area contributed by atoms with E-state index in [0.29, 0.717) is 35.2 Å². The highest BCUT2D eigenvalue weighted by atomic mass is 35.5. The maximum Gasteiger partial charge on any atom is 0.328 e. The molecule has 2 aromatic carbocycles. The number of nitrogens with one attached hydrogen (secondary N) is 1. The molecule has 1 N–H and O–H groups in total. The molecule has 0 saturated carbocycles. The lowest BCUT2D eigenvalue weighted by molar-refractivity contribution is 0.0715. The van der Waals surface area contributed by atoms with Crippen LogP contribution in [0.15, 0.2) is 48.7 Å². The lowest BCUT2D eigenvalue weighted by atomic mass is 10.0. The first-order chi connectivity index (χ1) is 17.1. The Morgan fingerprint density at radius 1 is 0.914 bits per heavy atom. The van der Waals surface area contributed by atoms with E-state index in [1.54, 1.807) is 22.9 Å². The molecule has 0 spiro atoms. The van der Waals surface area contributed by atoms with Crippen molar-refractivity contribution in [3.05, 3.63) is 65.9 Å². The van der Waals surface area contributed by atoms with Gasteiger partial charge in [0, 0.05) is 48.8 Å². The first-order valence-electron chi connectivity index (χ1n) is 12.5. The Morgan fingerprint density at radius 3 is 2.49 bits per heavy atom. The van der Waals surface area contributed by atoms with Crippen molar-refractivity contribution in [3.63, 3.8) is 0 Å². The smallest absolute Gasteiger partial charge is 0.328 e. The van der Waals surface area contributed by atoms with Crippen LogP contribution in [0, 0.1) is 6.67 Å². The van der Waals surface area contributed by atoms with Gasteiger partial charge in [0.1, 0.15) is 6.67 Å². The predicted octanol–water partition coefficient (Wildman–Crippen LogP) is 5.40. The quantitative estimate of drug-likeness (QED) is 0.522. The zero-order chi connectivity index (χ0) is 23.9. The van der Waals surface area contributed by atoms with Crippen LogP contribution in [0.25, 0.3) is 10.9 Å². The van der Waals surface area contributed by atoms with E-state index in [2.05, 4.69) is 28.4 Å². The highest BCUT2D eigenvalue weighted by Gasteiger charge is 2.32. The number of nitrogens with zero attached hydrogens (tertiary/aromatic N) is 4. The molecule has 2 amide bonds. The number of hydrogen-bond acceptors (Lipinski definition) is 4. The zero-order valence-corrected chi connectivity index (χ0v) is 20.4. The van der Waals surface area contributed by atoms with Gasteiger partial charge in [-0.05, 0) is 56.4 Å². The molecule has 1 aromatic heterocycles. The summed E-state index contributed by atoms with van der Waals surface area (Å²) in [5.41, 5.74) is 3.57. The van der Waals surface area contributed by atoms with Crippen LogP contribution in [0.3, 0.4) is 0 Å². The van der Waals surface area contributed by atoms with E-state index in [9.17, 15) is 9.59 Å². The Balaban J connectivity index is 1.22. The molecule has 8 heteroatoms. The van der Waals surface area contributed by atoms with Crippen molar-refractivity contribution in [1.82, 2.24) is 14.4 Å². The minimum atomic E-state index is -0.0783. The Kier molecular flexibility index (Phi) is 5.80. The fraction of sp³-hybridized carbons (Fsp3) is 0.370. The number of carbonyl (C=O) groups is 2. The largest absolute Gasteiger partial charge is 0.360 e.